The van der Waals surface area contributed by atoms with Gasteiger partial charge in [-0.2, -0.15) is 0 Å². The van der Waals surface area contributed by atoms with E-state index < -0.39 is 0 Å². The van der Waals surface area contributed by atoms with Gasteiger partial charge in [-0.1, -0.05) is 28.1 Å². The van der Waals surface area contributed by atoms with Gasteiger partial charge >= 0.3 is 0 Å². The van der Waals surface area contributed by atoms with Crippen LogP contribution >= 0.6 is 63.7 Å². The standard InChI is InChI=1S/C12H7Br4N/c13-7-5-9(15)12(16)11(6-7)17-10-4-2-1-3-8(10)14/h1-6,17H. The summed E-state index contributed by atoms with van der Waals surface area (Å²) in [5.74, 6) is 0. The van der Waals surface area contributed by atoms with Crippen molar-refractivity contribution in [1.29, 1.82) is 0 Å². The van der Waals surface area contributed by atoms with E-state index in [2.05, 4.69) is 69.0 Å². The first kappa shape index (κ1) is 13.6. The minimum atomic E-state index is 0.997. The lowest BCUT2D eigenvalue weighted by Gasteiger charge is -2.12. The maximum absolute atomic E-state index is 3.55. The van der Waals surface area contributed by atoms with Gasteiger partial charge < -0.3 is 5.32 Å². The quantitative estimate of drug-likeness (QED) is 0.481. The topological polar surface area (TPSA) is 12.0 Å². The molecule has 1 N–H and O–H groups in total. The molecule has 0 saturated carbocycles. The molecule has 1 nitrogen and oxygen atoms in total. The summed E-state index contributed by atoms with van der Waals surface area (Å²) in [6, 6.07) is 12.0. The normalized spacial score (nSPS) is 10.4. The van der Waals surface area contributed by atoms with Crippen LogP contribution in [0.4, 0.5) is 11.4 Å². The minimum absolute atomic E-state index is 0.997. The molecule has 0 spiro atoms. The second-order valence-corrected chi connectivity index (χ2v) is 6.77. The molecule has 0 radical (unpaired) electrons. The fourth-order valence-corrected chi connectivity index (χ4v) is 3.29. The fraction of sp³-hybridized carbons (Fsp3) is 0. The van der Waals surface area contributed by atoms with Crippen LogP contribution in [0, 0.1) is 0 Å². The summed E-state index contributed by atoms with van der Waals surface area (Å²) in [5, 5.41) is 3.37. The number of nitrogens with one attached hydrogen (secondary N) is 1. The Morgan fingerprint density at radius 1 is 0.765 bits per heavy atom. The second-order valence-electron chi connectivity index (χ2n) is 3.35. The lowest BCUT2D eigenvalue weighted by atomic mass is 10.3. The molecule has 0 bridgehead atoms. The van der Waals surface area contributed by atoms with E-state index in [1.165, 1.54) is 0 Å². The molecule has 17 heavy (non-hydrogen) atoms. The highest BCUT2D eigenvalue weighted by Crippen LogP contribution is 2.37. The third-order valence-corrected chi connectivity index (χ3v) is 5.30. The molecule has 0 saturated heterocycles. The molecule has 0 aliphatic rings. The number of rotatable bonds is 2. The van der Waals surface area contributed by atoms with Gasteiger partial charge in [0.15, 0.2) is 0 Å². The monoisotopic (exact) mass is 481 g/mol. The molecule has 0 aromatic heterocycles. The molecule has 0 unspecified atom stereocenters. The van der Waals surface area contributed by atoms with E-state index in [-0.39, 0.29) is 0 Å². The highest BCUT2D eigenvalue weighted by atomic mass is 79.9. The zero-order valence-corrected chi connectivity index (χ0v) is 14.8. The van der Waals surface area contributed by atoms with Crippen molar-refractivity contribution in [2.45, 2.75) is 0 Å². The molecule has 0 atom stereocenters. The molecule has 0 aliphatic carbocycles. The molecular formula is C12H7Br4N. The maximum atomic E-state index is 3.55. The minimum Gasteiger partial charge on any atom is -0.354 e. The Balaban J connectivity index is 2.40. The number of anilines is 2. The van der Waals surface area contributed by atoms with E-state index in [4.69, 9.17) is 0 Å². The predicted molar refractivity (Wildman–Crippen MR) is 87.0 cm³/mol. The predicted octanol–water partition coefficient (Wildman–Crippen LogP) is 6.48. The van der Waals surface area contributed by atoms with Gasteiger partial charge in [0, 0.05) is 13.4 Å². The average molecular weight is 485 g/mol. The number of benzene rings is 2. The Hall–Kier alpha value is 0.160. The molecule has 0 aliphatic heterocycles. The molecule has 2 aromatic rings. The van der Waals surface area contributed by atoms with Gasteiger partial charge in [-0.3, -0.25) is 0 Å². The third kappa shape index (κ3) is 3.34. The third-order valence-electron chi connectivity index (χ3n) is 2.14. The van der Waals surface area contributed by atoms with Crippen LogP contribution < -0.4 is 5.32 Å². The lowest BCUT2D eigenvalue weighted by molar-refractivity contribution is 1.47. The fourth-order valence-electron chi connectivity index (χ4n) is 1.35. The van der Waals surface area contributed by atoms with Crippen molar-refractivity contribution in [3.05, 3.63) is 54.3 Å². The molecule has 5 heteroatoms. The zero-order chi connectivity index (χ0) is 12.4. The van der Waals surface area contributed by atoms with E-state index in [0.717, 1.165) is 29.3 Å². The van der Waals surface area contributed by atoms with Crippen LogP contribution in [0.15, 0.2) is 54.3 Å². The van der Waals surface area contributed by atoms with Crippen LogP contribution in [-0.2, 0) is 0 Å². The van der Waals surface area contributed by atoms with E-state index in [1.807, 2.05) is 36.4 Å². The van der Waals surface area contributed by atoms with Crippen molar-refractivity contribution in [2.75, 3.05) is 5.32 Å². The smallest absolute Gasteiger partial charge is 0.0553 e. The van der Waals surface area contributed by atoms with E-state index in [9.17, 15) is 0 Å². The summed E-state index contributed by atoms with van der Waals surface area (Å²) in [7, 11) is 0. The first-order valence-corrected chi connectivity index (χ1v) is 7.91. The molecule has 2 aromatic carbocycles. The summed E-state index contributed by atoms with van der Waals surface area (Å²) < 4.78 is 4.04. The van der Waals surface area contributed by atoms with Gasteiger partial charge in [0.2, 0.25) is 0 Å². The first-order valence-electron chi connectivity index (χ1n) is 4.74. The maximum Gasteiger partial charge on any atom is 0.0553 e. The highest BCUT2D eigenvalue weighted by molar-refractivity contribution is 9.13. The van der Waals surface area contributed by atoms with Crippen molar-refractivity contribution in [1.82, 2.24) is 0 Å². The van der Waals surface area contributed by atoms with Crippen molar-refractivity contribution < 1.29 is 0 Å². The van der Waals surface area contributed by atoms with Crippen LogP contribution in [-0.4, -0.2) is 0 Å². The Morgan fingerprint density at radius 3 is 2.18 bits per heavy atom. The summed E-state index contributed by atoms with van der Waals surface area (Å²) >= 11 is 14.0. The average Bonchev–Trinajstić information content (AvgIpc) is 2.28. The van der Waals surface area contributed by atoms with E-state index >= 15 is 0 Å². The Kier molecular flexibility index (Phi) is 4.69. The molecule has 0 heterocycles. The van der Waals surface area contributed by atoms with Crippen molar-refractivity contribution in [2.24, 2.45) is 0 Å². The summed E-state index contributed by atoms with van der Waals surface area (Å²) in [6.45, 7) is 0. The Bertz CT molecular complexity index is 554. The van der Waals surface area contributed by atoms with Crippen molar-refractivity contribution in [3.63, 3.8) is 0 Å². The zero-order valence-electron chi connectivity index (χ0n) is 8.48. The van der Waals surface area contributed by atoms with Crippen LogP contribution in [0.1, 0.15) is 0 Å². The van der Waals surface area contributed by atoms with Crippen LogP contribution in [0.3, 0.4) is 0 Å². The lowest BCUT2D eigenvalue weighted by Crippen LogP contribution is -1.93. The van der Waals surface area contributed by atoms with E-state index in [0.29, 0.717) is 0 Å². The van der Waals surface area contributed by atoms with Crippen molar-refractivity contribution in [3.8, 4) is 0 Å². The molecule has 0 fully saturated rings. The van der Waals surface area contributed by atoms with Gasteiger partial charge in [-0.05, 0) is 72.1 Å². The van der Waals surface area contributed by atoms with Gasteiger partial charge in [0.25, 0.3) is 0 Å². The van der Waals surface area contributed by atoms with Gasteiger partial charge in [-0.25, -0.2) is 0 Å². The van der Waals surface area contributed by atoms with Crippen molar-refractivity contribution >= 4 is 75.1 Å². The van der Waals surface area contributed by atoms with E-state index in [1.54, 1.807) is 0 Å². The van der Waals surface area contributed by atoms with Gasteiger partial charge in [0.05, 0.1) is 15.8 Å². The van der Waals surface area contributed by atoms with Crippen LogP contribution in [0.5, 0.6) is 0 Å². The number of halogens is 4. The number of hydrogen-bond donors (Lipinski definition) is 1. The summed E-state index contributed by atoms with van der Waals surface area (Å²) in [5.41, 5.74) is 2.02. The Morgan fingerprint density at radius 2 is 1.47 bits per heavy atom. The molecule has 88 valence electrons. The number of para-hydroxylation sites is 1. The second kappa shape index (κ2) is 5.87. The van der Waals surface area contributed by atoms with Gasteiger partial charge in [-0.15, -0.1) is 0 Å². The van der Waals surface area contributed by atoms with Crippen LogP contribution in [0.2, 0.25) is 0 Å². The molecule has 2 rings (SSSR count). The summed E-state index contributed by atoms with van der Waals surface area (Å²) in [4.78, 5) is 0. The Labute approximate surface area is 134 Å². The molecular weight excluding hydrogens is 478 g/mol. The largest absolute Gasteiger partial charge is 0.354 e. The van der Waals surface area contributed by atoms with Crippen LogP contribution in [0.25, 0.3) is 0 Å². The SMILES string of the molecule is Brc1cc(Br)c(Br)c(Nc2ccccc2Br)c1. The highest BCUT2D eigenvalue weighted by Gasteiger charge is 2.07. The molecule has 0 amide bonds. The van der Waals surface area contributed by atoms with Gasteiger partial charge in [0.1, 0.15) is 0 Å². The number of hydrogen-bond acceptors (Lipinski definition) is 1. The summed E-state index contributed by atoms with van der Waals surface area (Å²) in [6.07, 6.45) is 0. The first-order chi connectivity index (χ1) is 8.08.